The van der Waals surface area contributed by atoms with E-state index in [1.807, 2.05) is 60.7 Å². The molecule has 5 rings (SSSR count). The summed E-state index contributed by atoms with van der Waals surface area (Å²) in [5.41, 5.74) is 5.18. The van der Waals surface area contributed by atoms with Crippen molar-refractivity contribution in [2.24, 2.45) is 5.10 Å². The van der Waals surface area contributed by atoms with Gasteiger partial charge in [0.15, 0.2) is 0 Å². The fourth-order valence-corrected chi connectivity index (χ4v) is 3.99. The van der Waals surface area contributed by atoms with Gasteiger partial charge in [-0.2, -0.15) is 5.10 Å². The number of halogens is 1. The predicted octanol–water partition coefficient (Wildman–Crippen LogP) is 7.06. The zero-order valence-corrected chi connectivity index (χ0v) is 21.5. The molecule has 0 heterocycles. The molecule has 0 saturated heterocycles. The molecule has 0 saturated carbocycles. The molecule has 7 heteroatoms. The molecule has 0 aliphatic heterocycles. The van der Waals surface area contributed by atoms with Crippen LogP contribution in [0.15, 0.2) is 120 Å². The van der Waals surface area contributed by atoms with Gasteiger partial charge in [-0.15, -0.1) is 0 Å². The maximum Gasteiger partial charge on any atom is 0.344 e. The summed E-state index contributed by atoms with van der Waals surface area (Å²) in [5, 5.41) is 6.50. The van der Waals surface area contributed by atoms with Crippen molar-refractivity contribution in [3.8, 4) is 11.5 Å². The Morgan fingerprint density at radius 3 is 2.23 bits per heavy atom. The lowest BCUT2D eigenvalue weighted by molar-refractivity contribution is 0.0736. The SMILES string of the molecule is O=C(N/N=C/c1ccc(OC(=O)c2cccc3ccccc23)cc1)c1ccc(OCc2ccc(Cl)cc2)cc1. The van der Waals surface area contributed by atoms with Crippen molar-refractivity contribution in [2.75, 3.05) is 0 Å². The molecule has 5 aromatic carbocycles. The molecular formula is C32H23ClN2O4. The number of esters is 1. The van der Waals surface area contributed by atoms with Gasteiger partial charge >= 0.3 is 5.97 Å². The molecule has 39 heavy (non-hydrogen) atoms. The molecule has 0 aromatic heterocycles. The number of carbonyl (C=O) groups excluding carboxylic acids is 2. The molecule has 1 amide bonds. The van der Waals surface area contributed by atoms with Gasteiger partial charge in [0.1, 0.15) is 18.1 Å². The summed E-state index contributed by atoms with van der Waals surface area (Å²) in [6.45, 7) is 0.397. The van der Waals surface area contributed by atoms with Gasteiger partial charge in [0.05, 0.1) is 11.8 Å². The highest BCUT2D eigenvalue weighted by Gasteiger charge is 2.12. The predicted molar refractivity (Wildman–Crippen MR) is 153 cm³/mol. The molecule has 6 nitrogen and oxygen atoms in total. The van der Waals surface area contributed by atoms with Crippen LogP contribution in [0.3, 0.4) is 0 Å². The van der Waals surface area contributed by atoms with E-state index in [1.165, 1.54) is 6.21 Å². The van der Waals surface area contributed by atoms with Gasteiger partial charge in [0.25, 0.3) is 5.91 Å². The quantitative estimate of drug-likeness (QED) is 0.100. The Balaban J connectivity index is 1.12. The average molecular weight is 535 g/mol. The lowest BCUT2D eigenvalue weighted by Gasteiger charge is -2.07. The molecule has 1 N–H and O–H groups in total. The molecule has 0 aliphatic rings. The summed E-state index contributed by atoms with van der Waals surface area (Å²) in [6.07, 6.45) is 1.51. The van der Waals surface area contributed by atoms with Gasteiger partial charge in [-0.25, -0.2) is 10.2 Å². The summed E-state index contributed by atoms with van der Waals surface area (Å²) < 4.78 is 11.3. The van der Waals surface area contributed by atoms with Gasteiger partial charge < -0.3 is 9.47 Å². The fourth-order valence-electron chi connectivity index (χ4n) is 3.87. The number of hydrazone groups is 1. The first-order valence-electron chi connectivity index (χ1n) is 12.2. The number of hydrogen-bond donors (Lipinski definition) is 1. The third-order valence-corrected chi connectivity index (χ3v) is 6.17. The van der Waals surface area contributed by atoms with Crippen molar-refractivity contribution < 1.29 is 19.1 Å². The fraction of sp³-hybridized carbons (Fsp3) is 0.0312. The molecule has 0 bridgehead atoms. The summed E-state index contributed by atoms with van der Waals surface area (Å²) in [7, 11) is 0. The number of fused-ring (bicyclic) bond motifs is 1. The Morgan fingerprint density at radius 1 is 0.769 bits per heavy atom. The maximum atomic E-state index is 12.7. The summed E-state index contributed by atoms with van der Waals surface area (Å²) in [5.74, 6) is 0.275. The third kappa shape index (κ3) is 6.69. The van der Waals surface area contributed by atoms with E-state index in [-0.39, 0.29) is 5.91 Å². The largest absolute Gasteiger partial charge is 0.489 e. The number of hydrogen-bond acceptors (Lipinski definition) is 5. The molecule has 0 fully saturated rings. The minimum Gasteiger partial charge on any atom is -0.489 e. The van der Waals surface area contributed by atoms with E-state index in [9.17, 15) is 9.59 Å². The topological polar surface area (TPSA) is 77.0 Å². The van der Waals surface area contributed by atoms with E-state index in [0.717, 1.165) is 21.9 Å². The van der Waals surface area contributed by atoms with Crippen molar-refractivity contribution in [2.45, 2.75) is 6.61 Å². The van der Waals surface area contributed by atoms with Crippen LogP contribution in [0.2, 0.25) is 5.02 Å². The Kier molecular flexibility index (Phi) is 7.95. The lowest BCUT2D eigenvalue weighted by atomic mass is 10.0. The monoisotopic (exact) mass is 534 g/mol. The van der Waals surface area contributed by atoms with Crippen LogP contribution in [-0.2, 0) is 6.61 Å². The second kappa shape index (κ2) is 12.1. The van der Waals surface area contributed by atoms with E-state index in [1.54, 1.807) is 54.6 Å². The second-order valence-corrected chi connectivity index (χ2v) is 9.06. The second-order valence-electron chi connectivity index (χ2n) is 8.62. The molecule has 0 aliphatic carbocycles. The number of nitrogens with one attached hydrogen (secondary N) is 1. The van der Waals surface area contributed by atoms with E-state index < -0.39 is 5.97 Å². The zero-order chi connectivity index (χ0) is 27.0. The summed E-state index contributed by atoms with van der Waals surface area (Å²) in [4.78, 5) is 25.1. The van der Waals surface area contributed by atoms with E-state index in [4.69, 9.17) is 21.1 Å². The van der Waals surface area contributed by atoms with Crippen LogP contribution >= 0.6 is 11.6 Å². The first-order valence-corrected chi connectivity index (χ1v) is 12.5. The Bertz CT molecular complexity index is 1630. The zero-order valence-electron chi connectivity index (χ0n) is 20.7. The molecule has 0 radical (unpaired) electrons. The number of amides is 1. The van der Waals surface area contributed by atoms with Crippen LogP contribution in [0.4, 0.5) is 0 Å². The van der Waals surface area contributed by atoms with Crippen molar-refractivity contribution in [3.63, 3.8) is 0 Å². The van der Waals surface area contributed by atoms with Crippen LogP contribution < -0.4 is 14.9 Å². The Morgan fingerprint density at radius 2 is 1.46 bits per heavy atom. The number of carbonyl (C=O) groups is 2. The highest BCUT2D eigenvalue weighted by atomic mass is 35.5. The first kappa shape index (κ1) is 25.7. The van der Waals surface area contributed by atoms with Gasteiger partial charge in [-0.1, -0.05) is 60.1 Å². The normalized spacial score (nSPS) is 10.9. The van der Waals surface area contributed by atoms with Gasteiger partial charge in [0, 0.05) is 10.6 Å². The molecule has 0 unspecified atom stereocenters. The lowest BCUT2D eigenvalue weighted by Crippen LogP contribution is -2.17. The number of rotatable bonds is 8. The van der Waals surface area contributed by atoms with Crippen LogP contribution in [0, 0.1) is 0 Å². The molecular weight excluding hydrogens is 512 g/mol. The van der Waals surface area contributed by atoms with Crippen molar-refractivity contribution in [1.82, 2.24) is 5.43 Å². The average Bonchev–Trinajstić information content (AvgIpc) is 2.97. The third-order valence-electron chi connectivity index (χ3n) is 5.92. The summed E-state index contributed by atoms with van der Waals surface area (Å²) >= 11 is 5.90. The van der Waals surface area contributed by atoms with Crippen molar-refractivity contribution in [1.29, 1.82) is 0 Å². The molecule has 0 spiro atoms. The number of ether oxygens (including phenoxy) is 2. The van der Waals surface area contributed by atoms with Crippen molar-refractivity contribution in [3.05, 3.63) is 143 Å². The van der Waals surface area contributed by atoms with Gasteiger partial charge in [-0.3, -0.25) is 4.79 Å². The summed E-state index contributed by atoms with van der Waals surface area (Å²) in [6, 6.07) is 34.2. The van der Waals surface area contributed by atoms with E-state index >= 15 is 0 Å². The van der Waals surface area contributed by atoms with Gasteiger partial charge in [-0.05, 0) is 88.6 Å². The van der Waals surface area contributed by atoms with Crippen LogP contribution in [-0.4, -0.2) is 18.1 Å². The van der Waals surface area contributed by atoms with Crippen LogP contribution in [0.1, 0.15) is 31.8 Å². The minimum atomic E-state index is -0.429. The first-order chi connectivity index (χ1) is 19.0. The smallest absolute Gasteiger partial charge is 0.344 e. The van der Waals surface area contributed by atoms with Crippen LogP contribution in [0.5, 0.6) is 11.5 Å². The van der Waals surface area contributed by atoms with Crippen molar-refractivity contribution >= 4 is 40.5 Å². The number of benzene rings is 5. The Hall–Kier alpha value is -4.94. The highest BCUT2D eigenvalue weighted by Crippen LogP contribution is 2.21. The molecule has 5 aromatic rings. The highest BCUT2D eigenvalue weighted by molar-refractivity contribution is 6.30. The van der Waals surface area contributed by atoms with E-state index in [0.29, 0.717) is 34.3 Å². The van der Waals surface area contributed by atoms with Crippen LogP contribution in [0.25, 0.3) is 10.8 Å². The van der Waals surface area contributed by atoms with E-state index in [2.05, 4.69) is 10.5 Å². The van der Waals surface area contributed by atoms with Gasteiger partial charge in [0.2, 0.25) is 0 Å². The molecule has 192 valence electrons. The number of nitrogens with zero attached hydrogens (tertiary/aromatic N) is 1. The molecule has 0 atom stereocenters. The maximum absolute atomic E-state index is 12.7. The Labute approximate surface area is 230 Å². The minimum absolute atomic E-state index is 0.351. The standard InChI is InChI=1S/C32H23ClN2O4/c33-26-14-8-23(9-15-26)21-38-27-18-12-25(13-19-27)31(36)35-34-20-22-10-16-28(17-11-22)39-32(37)30-7-3-5-24-4-1-2-6-29(24)30/h1-20H,21H2,(H,35,36)/b34-20+.